The van der Waals surface area contributed by atoms with Gasteiger partial charge in [0, 0.05) is 12.3 Å². The molecule has 1 fully saturated rings. The lowest BCUT2D eigenvalue weighted by atomic mass is 9.81. The fourth-order valence-electron chi connectivity index (χ4n) is 4.73. The summed E-state index contributed by atoms with van der Waals surface area (Å²) in [5, 5.41) is 26.5. The van der Waals surface area contributed by atoms with Crippen molar-refractivity contribution in [3.05, 3.63) is 59.7 Å². The molecule has 1 aliphatic rings. The maximum atomic E-state index is 13.5. The minimum atomic E-state index is -1.75. The van der Waals surface area contributed by atoms with Gasteiger partial charge < -0.3 is 39.8 Å². The number of para-hydroxylation sites is 1. The molecule has 0 unspecified atom stereocenters. The molecule has 2 aromatic rings. The number of carbonyl (C=O) groups is 6. The van der Waals surface area contributed by atoms with Crippen molar-refractivity contribution in [2.75, 3.05) is 5.32 Å². The second-order valence-corrected chi connectivity index (χ2v) is 12.0. The predicted octanol–water partition coefficient (Wildman–Crippen LogP) is 2.05. The van der Waals surface area contributed by atoms with Crippen LogP contribution in [0.2, 0.25) is 0 Å². The molecular weight excluding hydrogens is 616 g/mol. The summed E-state index contributed by atoms with van der Waals surface area (Å²) in [6.07, 6.45) is -7.26. The van der Waals surface area contributed by atoms with Crippen LogP contribution in [0.5, 0.6) is 5.75 Å². The number of hydrogen-bond acceptors (Lipinski definition) is 12. The second kappa shape index (κ2) is 15.5. The van der Waals surface area contributed by atoms with Gasteiger partial charge in [0.15, 0.2) is 17.9 Å². The molecule has 6 atom stereocenters. The topological polar surface area (TPSA) is 204 Å². The van der Waals surface area contributed by atoms with Gasteiger partial charge in [0.2, 0.25) is 12.5 Å². The van der Waals surface area contributed by atoms with E-state index < -0.39 is 83.4 Å². The quantitative estimate of drug-likeness (QED) is 0.146. The summed E-state index contributed by atoms with van der Waals surface area (Å²) in [4.78, 5) is 77.7. The number of carbonyl (C=O) groups excluding carboxylic acids is 6. The Balaban J connectivity index is 2.03. The number of nitrogens with one attached hydrogen (secondary N) is 2. The number of aromatic hydroxyl groups is 1. The number of benzene rings is 2. The molecule has 1 saturated heterocycles. The van der Waals surface area contributed by atoms with Gasteiger partial charge in [-0.15, -0.1) is 0 Å². The van der Waals surface area contributed by atoms with Crippen LogP contribution in [-0.4, -0.2) is 83.0 Å². The minimum absolute atomic E-state index is 0.0298. The van der Waals surface area contributed by atoms with Gasteiger partial charge in [-0.25, -0.2) is 14.4 Å². The van der Waals surface area contributed by atoms with Gasteiger partial charge in [0.25, 0.3) is 5.91 Å². The van der Waals surface area contributed by atoms with Crippen molar-refractivity contribution in [2.24, 2.45) is 11.3 Å². The number of esters is 4. The molecular formula is C33H40N2O12. The Morgan fingerprint density at radius 1 is 0.915 bits per heavy atom. The predicted molar refractivity (Wildman–Crippen MR) is 165 cm³/mol. The van der Waals surface area contributed by atoms with E-state index in [1.807, 2.05) is 0 Å². The Morgan fingerprint density at radius 2 is 1.57 bits per heavy atom. The van der Waals surface area contributed by atoms with Gasteiger partial charge in [-0.3, -0.25) is 14.4 Å². The fraction of sp³-hybridized carbons (Fsp3) is 0.455. The smallest absolute Gasteiger partial charge is 0.348 e. The minimum Gasteiger partial charge on any atom is -0.505 e. The van der Waals surface area contributed by atoms with Gasteiger partial charge in [-0.05, 0) is 45.4 Å². The first kappa shape index (κ1) is 36.5. The van der Waals surface area contributed by atoms with E-state index >= 15 is 0 Å². The second-order valence-electron chi connectivity index (χ2n) is 12.0. The lowest BCUT2D eigenvalue weighted by molar-refractivity contribution is -0.189. The maximum absolute atomic E-state index is 13.5. The third kappa shape index (κ3) is 8.85. The lowest BCUT2D eigenvalue weighted by Gasteiger charge is -2.35. The van der Waals surface area contributed by atoms with Crippen LogP contribution in [0.3, 0.4) is 0 Å². The molecule has 2 amide bonds. The number of phenols is 1. The summed E-state index contributed by atoms with van der Waals surface area (Å²) >= 11 is 0. The molecule has 3 rings (SSSR count). The zero-order valence-electron chi connectivity index (χ0n) is 26.9. The Morgan fingerprint density at radius 3 is 2.19 bits per heavy atom. The highest BCUT2D eigenvalue weighted by Gasteiger charge is 2.47. The SMILES string of the molecule is CC(C)[C@@H]1OC(=O)C(C)(C)[C@@H](O)[C@H](Cc2ccccc2)OC(=O)[C@H](C)OC(=O)[C@@H](NC(=O)c2cccc(NC=O)c2O)[C@H](C)OC1=O. The third-order valence-corrected chi connectivity index (χ3v) is 7.67. The molecule has 14 heteroatoms. The van der Waals surface area contributed by atoms with Crippen LogP contribution in [0.25, 0.3) is 0 Å². The van der Waals surface area contributed by atoms with Crippen molar-refractivity contribution >= 4 is 41.9 Å². The van der Waals surface area contributed by atoms with E-state index in [-0.39, 0.29) is 17.7 Å². The van der Waals surface area contributed by atoms with Crippen LogP contribution in [0.15, 0.2) is 48.5 Å². The Hall–Kier alpha value is -4.98. The standard InChI is InChI=1S/C33H40N2O12/c1-17(2)26-31(42)44-18(3)24(35-28(39)21-13-10-14-22(25(21)37)34-16-36)30(41)45-19(4)29(40)46-23(15-20-11-8-7-9-12-20)27(38)33(5,6)32(43)47-26/h7-14,16-19,23-24,26-27,37-38H,15H2,1-6H3,(H,34,36)(H,35,39)/t18-,19-,23-,24-,26-,27-/m0/s1. The molecule has 2 aromatic carbocycles. The molecule has 0 saturated carbocycles. The van der Waals surface area contributed by atoms with E-state index in [0.717, 1.165) is 0 Å². The average molecular weight is 657 g/mol. The molecule has 47 heavy (non-hydrogen) atoms. The van der Waals surface area contributed by atoms with Crippen LogP contribution in [-0.2, 0) is 49.3 Å². The summed E-state index contributed by atoms with van der Waals surface area (Å²) in [5.41, 5.74) is -1.48. The molecule has 0 aromatic heterocycles. The molecule has 0 aliphatic carbocycles. The highest BCUT2D eigenvalue weighted by atomic mass is 16.6. The fourth-order valence-corrected chi connectivity index (χ4v) is 4.73. The largest absolute Gasteiger partial charge is 0.505 e. The van der Waals surface area contributed by atoms with Crippen molar-refractivity contribution in [3.63, 3.8) is 0 Å². The van der Waals surface area contributed by atoms with E-state index in [2.05, 4.69) is 10.6 Å². The number of amides is 2. The normalized spacial score (nSPS) is 25.6. The van der Waals surface area contributed by atoms with E-state index in [9.17, 15) is 39.0 Å². The van der Waals surface area contributed by atoms with E-state index in [1.54, 1.807) is 44.2 Å². The van der Waals surface area contributed by atoms with Gasteiger partial charge in [-0.1, -0.05) is 50.2 Å². The van der Waals surface area contributed by atoms with Gasteiger partial charge >= 0.3 is 23.9 Å². The Kier molecular flexibility index (Phi) is 12.1. The number of cyclic esters (lactones) is 4. The monoisotopic (exact) mass is 656 g/mol. The van der Waals surface area contributed by atoms with Crippen LogP contribution >= 0.6 is 0 Å². The van der Waals surface area contributed by atoms with Crippen LogP contribution in [0, 0.1) is 11.3 Å². The molecule has 1 aliphatic heterocycles. The molecule has 4 N–H and O–H groups in total. The number of aliphatic hydroxyl groups excluding tert-OH is 1. The van der Waals surface area contributed by atoms with Crippen LogP contribution in [0.1, 0.15) is 57.5 Å². The van der Waals surface area contributed by atoms with Gasteiger partial charge in [0.1, 0.15) is 18.3 Å². The Labute approximate surface area is 271 Å². The number of rotatable bonds is 7. The average Bonchev–Trinajstić information content (AvgIpc) is 3.02. The highest BCUT2D eigenvalue weighted by molar-refractivity contribution is 6.01. The first-order valence-electron chi connectivity index (χ1n) is 15.0. The number of aliphatic hydroxyl groups is 1. The van der Waals surface area contributed by atoms with Crippen molar-refractivity contribution < 1.29 is 57.9 Å². The molecule has 0 radical (unpaired) electrons. The van der Waals surface area contributed by atoms with Crippen molar-refractivity contribution in [1.82, 2.24) is 5.32 Å². The third-order valence-electron chi connectivity index (χ3n) is 7.67. The van der Waals surface area contributed by atoms with Gasteiger partial charge in [0.05, 0.1) is 16.7 Å². The first-order chi connectivity index (χ1) is 22.1. The van der Waals surface area contributed by atoms with E-state index in [1.165, 1.54) is 45.9 Å². The Bertz CT molecular complexity index is 1480. The number of phenolic OH excluding ortho intramolecular Hbond substituents is 1. The van der Waals surface area contributed by atoms with Crippen LogP contribution in [0.4, 0.5) is 5.69 Å². The summed E-state index contributed by atoms with van der Waals surface area (Å²) < 4.78 is 22.0. The van der Waals surface area contributed by atoms with Crippen molar-refractivity contribution in [3.8, 4) is 5.75 Å². The molecule has 0 bridgehead atoms. The van der Waals surface area contributed by atoms with E-state index in [0.29, 0.717) is 12.0 Å². The van der Waals surface area contributed by atoms with Crippen LogP contribution < -0.4 is 10.6 Å². The number of anilines is 1. The summed E-state index contributed by atoms with van der Waals surface area (Å²) in [6.45, 7) is 8.38. The molecule has 1 heterocycles. The summed E-state index contributed by atoms with van der Waals surface area (Å²) in [7, 11) is 0. The highest BCUT2D eigenvalue weighted by Crippen LogP contribution is 2.31. The lowest BCUT2D eigenvalue weighted by Crippen LogP contribution is -2.52. The molecule has 254 valence electrons. The number of hydrogen-bond donors (Lipinski definition) is 4. The molecule has 14 nitrogen and oxygen atoms in total. The summed E-state index contributed by atoms with van der Waals surface area (Å²) in [5.74, 6) is -6.59. The van der Waals surface area contributed by atoms with Gasteiger partial charge in [-0.2, -0.15) is 0 Å². The molecule has 0 spiro atoms. The zero-order valence-corrected chi connectivity index (χ0v) is 26.9. The van der Waals surface area contributed by atoms with Crippen molar-refractivity contribution in [2.45, 2.75) is 84.5 Å². The summed E-state index contributed by atoms with van der Waals surface area (Å²) in [6, 6.07) is 10.9. The maximum Gasteiger partial charge on any atom is 0.348 e. The van der Waals surface area contributed by atoms with Crippen molar-refractivity contribution in [1.29, 1.82) is 0 Å². The van der Waals surface area contributed by atoms with E-state index in [4.69, 9.17) is 18.9 Å². The zero-order chi connectivity index (χ0) is 35.1. The first-order valence-corrected chi connectivity index (χ1v) is 15.0. The number of ether oxygens (including phenoxy) is 4.